The lowest BCUT2D eigenvalue weighted by atomic mass is 9.82. The second kappa shape index (κ2) is 8.66. The van der Waals surface area contributed by atoms with Gasteiger partial charge in [0.2, 0.25) is 0 Å². The number of carbonyl (C=O) groups excluding carboxylic acids is 1. The molecule has 0 bridgehead atoms. The maximum absolute atomic E-state index is 12.6. The van der Waals surface area contributed by atoms with E-state index in [4.69, 9.17) is 19.4 Å². The standard InChI is InChI=1S/C17H22N2O3.C2HF3O2/c20-16(15-3-1-2-6-18-15)19-7-14-9-22-12-17(14,10-19)11-21-8-13-4-5-13;3-2(4,5)1(6)7/h1-3,6,13-14H,4-5,7-12H2;(H,6,7)/t14-,17-;/m1./s1. The van der Waals surface area contributed by atoms with Gasteiger partial charge < -0.3 is 19.5 Å². The Morgan fingerprint density at radius 1 is 1.34 bits per heavy atom. The maximum Gasteiger partial charge on any atom is 0.490 e. The predicted octanol–water partition coefficient (Wildman–Crippen LogP) is 2.23. The van der Waals surface area contributed by atoms with Gasteiger partial charge in [0.05, 0.1) is 19.8 Å². The summed E-state index contributed by atoms with van der Waals surface area (Å²) in [6, 6.07) is 5.47. The van der Waals surface area contributed by atoms with Crippen molar-refractivity contribution in [2.24, 2.45) is 17.3 Å². The summed E-state index contributed by atoms with van der Waals surface area (Å²) in [6.45, 7) is 4.48. The van der Waals surface area contributed by atoms with Crippen LogP contribution < -0.4 is 0 Å². The summed E-state index contributed by atoms with van der Waals surface area (Å²) < 4.78 is 43.4. The van der Waals surface area contributed by atoms with E-state index in [9.17, 15) is 18.0 Å². The van der Waals surface area contributed by atoms with E-state index in [1.165, 1.54) is 12.8 Å². The molecule has 2 atom stereocenters. The molecular formula is C19H23F3N2O5. The molecule has 3 fully saturated rings. The first-order valence-electron chi connectivity index (χ1n) is 9.37. The molecule has 1 N–H and O–H groups in total. The summed E-state index contributed by atoms with van der Waals surface area (Å²) in [5.74, 6) is -1.58. The van der Waals surface area contributed by atoms with E-state index < -0.39 is 12.1 Å². The van der Waals surface area contributed by atoms with Crippen LogP contribution in [0, 0.1) is 17.3 Å². The van der Waals surface area contributed by atoms with Crippen LogP contribution in [0.15, 0.2) is 24.4 Å². The number of carboxylic acids is 1. The summed E-state index contributed by atoms with van der Waals surface area (Å²) in [5, 5.41) is 7.12. The topological polar surface area (TPSA) is 89.0 Å². The monoisotopic (exact) mass is 416 g/mol. The SMILES string of the molecule is O=C(O)C(F)(F)F.O=C(c1ccccn1)N1C[C@@H]2COC[C@]2(COCC2CC2)C1. The molecule has 0 aromatic carbocycles. The van der Waals surface area contributed by atoms with Crippen molar-refractivity contribution in [1.82, 2.24) is 9.88 Å². The van der Waals surface area contributed by atoms with Crippen molar-refractivity contribution in [3.8, 4) is 0 Å². The van der Waals surface area contributed by atoms with Crippen LogP contribution in [0.5, 0.6) is 0 Å². The van der Waals surface area contributed by atoms with Crippen LogP contribution in [0.1, 0.15) is 23.3 Å². The Hall–Kier alpha value is -2.20. The number of aliphatic carboxylic acids is 1. The van der Waals surface area contributed by atoms with Gasteiger partial charge in [0.25, 0.3) is 5.91 Å². The normalized spacial score (nSPS) is 25.9. The first-order valence-corrected chi connectivity index (χ1v) is 9.37. The van der Waals surface area contributed by atoms with Crippen molar-refractivity contribution in [3.05, 3.63) is 30.1 Å². The first kappa shape index (κ1) is 21.5. The Morgan fingerprint density at radius 3 is 2.66 bits per heavy atom. The molecule has 1 aromatic heterocycles. The average molecular weight is 416 g/mol. The van der Waals surface area contributed by atoms with E-state index in [1.807, 2.05) is 17.0 Å². The molecule has 0 radical (unpaired) electrons. The Bertz CT molecular complexity index is 726. The van der Waals surface area contributed by atoms with Gasteiger partial charge in [-0.1, -0.05) is 6.07 Å². The maximum atomic E-state index is 12.6. The van der Waals surface area contributed by atoms with E-state index in [1.54, 1.807) is 12.3 Å². The van der Waals surface area contributed by atoms with Gasteiger partial charge >= 0.3 is 12.1 Å². The summed E-state index contributed by atoms with van der Waals surface area (Å²) >= 11 is 0. The molecule has 160 valence electrons. The van der Waals surface area contributed by atoms with Gasteiger partial charge in [-0.15, -0.1) is 0 Å². The van der Waals surface area contributed by atoms with Crippen molar-refractivity contribution in [3.63, 3.8) is 0 Å². The van der Waals surface area contributed by atoms with Gasteiger partial charge in [-0.2, -0.15) is 13.2 Å². The van der Waals surface area contributed by atoms with Crippen LogP contribution >= 0.6 is 0 Å². The second-order valence-corrected chi connectivity index (χ2v) is 7.74. The number of carboxylic acid groups (broad SMARTS) is 1. The Labute approximate surface area is 165 Å². The number of hydrogen-bond acceptors (Lipinski definition) is 5. The lowest BCUT2D eigenvalue weighted by Gasteiger charge is -2.26. The quantitative estimate of drug-likeness (QED) is 0.792. The number of nitrogens with zero attached hydrogens (tertiary/aromatic N) is 2. The van der Waals surface area contributed by atoms with Crippen molar-refractivity contribution < 1.29 is 37.3 Å². The van der Waals surface area contributed by atoms with E-state index in [0.717, 1.165) is 32.2 Å². The number of ether oxygens (including phenoxy) is 2. The average Bonchev–Trinajstić information content (AvgIpc) is 3.31. The number of aromatic nitrogens is 1. The molecule has 2 saturated heterocycles. The molecule has 1 amide bonds. The number of fused-ring (bicyclic) bond motifs is 1. The molecular weight excluding hydrogens is 393 g/mol. The lowest BCUT2D eigenvalue weighted by molar-refractivity contribution is -0.192. The van der Waals surface area contributed by atoms with E-state index in [-0.39, 0.29) is 11.3 Å². The van der Waals surface area contributed by atoms with Gasteiger partial charge in [0.15, 0.2) is 0 Å². The van der Waals surface area contributed by atoms with E-state index >= 15 is 0 Å². The molecule has 0 spiro atoms. The van der Waals surface area contributed by atoms with Crippen molar-refractivity contribution in [2.75, 3.05) is 39.5 Å². The molecule has 3 heterocycles. The number of amides is 1. The highest BCUT2D eigenvalue weighted by Crippen LogP contribution is 2.42. The zero-order valence-electron chi connectivity index (χ0n) is 15.7. The third kappa shape index (κ3) is 5.45. The fraction of sp³-hybridized carbons (Fsp3) is 0.632. The summed E-state index contributed by atoms with van der Waals surface area (Å²) in [7, 11) is 0. The minimum atomic E-state index is -5.08. The minimum Gasteiger partial charge on any atom is -0.475 e. The van der Waals surface area contributed by atoms with Crippen LogP contribution in [0.25, 0.3) is 0 Å². The molecule has 10 heteroatoms. The van der Waals surface area contributed by atoms with Crippen molar-refractivity contribution in [1.29, 1.82) is 0 Å². The molecule has 4 rings (SSSR count). The van der Waals surface area contributed by atoms with E-state index in [2.05, 4.69) is 4.98 Å². The van der Waals surface area contributed by atoms with Gasteiger partial charge in [0, 0.05) is 37.2 Å². The highest BCUT2D eigenvalue weighted by atomic mass is 19.4. The van der Waals surface area contributed by atoms with Gasteiger partial charge in [-0.25, -0.2) is 4.79 Å². The van der Waals surface area contributed by atoms with Crippen LogP contribution in [0.3, 0.4) is 0 Å². The zero-order valence-corrected chi connectivity index (χ0v) is 15.7. The second-order valence-electron chi connectivity index (χ2n) is 7.74. The number of alkyl halides is 3. The number of likely N-dealkylation sites (tertiary alicyclic amines) is 1. The highest BCUT2D eigenvalue weighted by molar-refractivity contribution is 5.92. The highest BCUT2D eigenvalue weighted by Gasteiger charge is 2.52. The summed E-state index contributed by atoms with van der Waals surface area (Å²) in [6.07, 6.45) is -0.809. The molecule has 1 aliphatic carbocycles. The van der Waals surface area contributed by atoms with Crippen molar-refractivity contribution in [2.45, 2.75) is 19.0 Å². The first-order chi connectivity index (χ1) is 13.7. The van der Waals surface area contributed by atoms with Gasteiger partial charge in [-0.05, 0) is 30.9 Å². The Kier molecular flexibility index (Phi) is 6.42. The molecule has 3 aliphatic rings. The third-order valence-electron chi connectivity index (χ3n) is 5.37. The molecule has 7 nitrogen and oxygen atoms in total. The number of halogens is 3. The lowest BCUT2D eigenvalue weighted by Crippen LogP contribution is -2.37. The van der Waals surface area contributed by atoms with E-state index in [0.29, 0.717) is 24.8 Å². The number of rotatable bonds is 5. The van der Waals surface area contributed by atoms with Crippen LogP contribution in [-0.2, 0) is 14.3 Å². The van der Waals surface area contributed by atoms with Crippen LogP contribution in [0.4, 0.5) is 13.2 Å². The molecule has 1 aromatic rings. The fourth-order valence-corrected chi connectivity index (χ4v) is 3.56. The number of hydrogen-bond donors (Lipinski definition) is 1. The van der Waals surface area contributed by atoms with Crippen molar-refractivity contribution >= 4 is 11.9 Å². The van der Waals surface area contributed by atoms with Gasteiger partial charge in [-0.3, -0.25) is 9.78 Å². The fourth-order valence-electron chi connectivity index (χ4n) is 3.56. The zero-order chi connectivity index (χ0) is 21.1. The molecule has 0 unspecified atom stereocenters. The van der Waals surface area contributed by atoms with Crippen LogP contribution in [0.2, 0.25) is 0 Å². The molecule has 29 heavy (non-hydrogen) atoms. The largest absolute Gasteiger partial charge is 0.490 e. The Balaban J connectivity index is 0.000000298. The number of carbonyl (C=O) groups is 2. The predicted molar refractivity (Wildman–Crippen MR) is 94.1 cm³/mol. The smallest absolute Gasteiger partial charge is 0.475 e. The minimum absolute atomic E-state index is 0.0146. The summed E-state index contributed by atoms with van der Waals surface area (Å²) in [5.41, 5.74) is 0.511. The number of pyridine rings is 1. The summed E-state index contributed by atoms with van der Waals surface area (Å²) in [4.78, 5) is 27.6. The van der Waals surface area contributed by atoms with Gasteiger partial charge in [0.1, 0.15) is 5.69 Å². The third-order valence-corrected chi connectivity index (χ3v) is 5.37. The molecule has 1 saturated carbocycles. The molecule has 2 aliphatic heterocycles. The Morgan fingerprint density at radius 2 is 2.07 bits per heavy atom. The van der Waals surface area contributed by atoms with Crippen LogP contribution in [-0.4, -0.2) is 72.6 Å².